The van der Waals surface area contributed by atoms with Crippen molar-refractivity contribution in [3.05, 3.63) is 47.9 Å². The molecule has 1 aromatic heterocycles. The van der Waals surface area contributed by atoms with E-state index in [1.54, 1.807) is 11.8 Å². The Bertz CT molecular complexity index is 935. The van der Waals surface area contributed by atoms with Gasteiger partial charge in [0, 0.05) is 57.8 Å². The number of anilines is 2. The van der Waals surface area contributed by atoms with Crippen molar-refractivity contribution in [3.63, 3.8) is 0 Å². The predicted molar refractivity (Wildman–Crippen MR) is 156 cm³/mol. The standard InChI is InChI=1S/C31H47N3O2.ClH/c1-4-31(5-2)14-10-25(11-15-31)29-23-26(33-16-12-27(35-3)13-17-33)8-9-30(29)34-20-18-32(19-21-34)24-28-7-6-22-36-28;/h6-9,22-23,25,27H,4-5,10-21,24H2,1-3H3;1H. The van der Waals surface area contributed by atoms with Crippen LogP contribution in [0.1, 0.15) is 82.5 Å². The highest BCUT2D eigenvalue weighted by Crippen LogP contribution is 2.49. The van der Waals surface area contributed by atoms with Crippen LogP contribution in [0.15, 0.2) is 41.0 Å². The van der Waals surface area contributed by atoms with E-state index in [0.717, 1.165) is 64.4 Å². The van der Waals surface area contributed by atoms with E-state index in [4.69, 9.17) is 9.15 Å². The van der Waals surface area contributed by atoms with Gasteiger partial charge in [0.15, 0.2) is 0 Å². The van der Waals surface area contributed by atoms with Gasteiger partial charge in [-0.05, 0) is 85.8 Å². The van der Waals surface area contributed by atoms with Crippen LogP contribution >= 0.6 is 12.4 Å². The second kappa shape index (κ2) is 12.9. The van der Waals surface area contributed by atoms with Crippen molar-refractivity contribution in [2.75, 3.05) is 56.2 Å². The summed E-state index contributed by atoms with van der Waals surface area (Å²) in [7, 11) is 1.86. The molecule has 1 aliphatic carbocycles. The van der Waals surface area contributed by atoms with Gasteiger partial charge in [-0.2, -0.15) is 0 Å². The molecule has 37 heavy (non-hydrogen) atoms. The van der Waals surface area contributed by atoms with Crippen LogP contribution in [-0.2, 0) is 11.3 Å². The third kappa shape index (κ3) is 6.49. The van der Waals surface area contributed by atoms with Crippen LogP contribution in [0.2, 0.25) is 0 Å². The fourth-order valence-corrected chi connectivity index (χ4v) is 6.97. The Kier molecular flexibility index (Phi) is 9.88. The van der Waals surface area contributed by atoms with E-state index in [1.807, 2.05) is 13.2 Å². The zero-order valence-corrected chi connectivity index (χ0v) is 24.1. The lowest BCUT2D eigenvalue weighted by Gasteiger charge is -2.42. The molecule has 1 aromatic carbocycles. The van der Waals surface area contributed by atoms with Crippen LogP contribution < -0.4 is 9.80 Å². The summed E-state index contributed by atoms with van der Waals surface area (Å²) < 4.78 is 11.2. The number of piperidine rings is 1. The summed E-state index contributed by atoms with van der Waals surface area (Å²) in [5, 5.41) is 0. The average Bonchev–Trinajstić information content (AvgIpc) is 3.46. The molecular formula is C31H48ClN3O2. The van der Waals surface area contributed by atoms with E-state index < -0.39 is 0 Å². The molecule has 0 atom stereocenters. The molecule has 5 nitrogen and oxygen atoms in total. The van der Waals surface area contributed by atoms with Crippen molar-refractivity contribution in [2.45, 2.75) is 83.8 Å². The minimum absolute atomic E-state index is 0. The molecule has 0 spiro atoms. The fourth-order valence-electron chi connectivity index (χ4n) is 6.97. The first-order chi connectivity index (χ1) is 17.6. The van der Waals surface area contributed by atoms with Crippen LogP contribution in [0.3, 0.4) is 0 Å². The molecule has 6 heteroatoms. The molecule has 1 saturated carbocycles. The van der Waals surface area contributed by atoms with E-state index in [2.05, 4.69) is 52.8 Å². The molecule has 2 aliphatic heterocycles. The van der Waals surface area contributed by atoms with Crippen molar-refractivity contribution in [1.82, 2.24) is 4.90 Å². The Labute approximate surface area is 230 Å². The van der Waals surface area contributed by atoms with Crippen molar-refractivity contribution >= 4 is 23.8 Å². The maximum atomic E-state index is 5.63. The van der Waals surface area contributed by atoms with Crippen LogP contribution in [0.25, 0.3) is 0 Å². The van der Waals surface area contributed by atoms with Crippen molar-refractivity contribution in [3.8, 4) is 0 Å². The normalized spacial score (nSPS) is 21.7. The molecular weight excluding hydrogens is 482 g/mol. The lowest BCUT2D eigenvalue weighted by molar-refractivity contribution is 0.0819. The fraction of sp³-hybridized carbons (Fsp3) is 0.677. The monoisotopic (exact) mass is 529 g/mol. The Morgan fingerprint density at radius 3 is 2.19 bits per heavy atom. The first kappa shape index (κ1) is 28.3. The summed E-state index contributed by atoms with van der Waals surface area (Å²) in [5.74, 6) is 1.76. The number of rotatable bonds is 8. The Hall–Kier alpha value is -1.69. The smallest absolute Gasteiger partial charge is 0.117 e. The summed E-state index contributed by atoms with van der Waals surface area (Å²) in [6.45, 7) is 12.3. The van der Waals surface area contributed by atoms with Gasteiger partial charge in [-0.15, -0.1) is 12.4 Å². The third-order valence-corrected chi connectivity index (χ3v) is 9.81. The number of furan rings is 1. The Morgan fingerprint density at radius 1 is 0.892 bits per heavy atom. The van der Waals surface area contributed by atoms with E-state index >= 15 is 0 Å². The van der Waals surface area contributed by atoms with Gasteiger partial charge >= 0.3 is 0 Å². The van der Waals surface area contributed by atoms with Gasteiger partial charge in [0.1, 0.15) is 5.76 Å². The summed E-state index contributed by atoms with van der Waals surface area (Å²) in [4.78, 5) is 7.78. The molecule has 2 aromatic rings. The van der Waals surface area contributed by atoms with Crippen LogP contribution in [0, 0.1) is 5.41 Å². The van der Waals surface area contributed by atoms with Crippen molar-refractivity contribution in [1.29, 1.82) is 0 Å². The summed E-state index contributed by atoms with van der Waals surface area (Å²) in [6.07, 6.45) is 12.6. The molecule has 0 radical (unpaired) electrons. The molecule has 3 aliphatic rings. The summed E-state index contributed by atoms with van der Waals surface area (Å²) in [6, 6.07) is 11.5. The number of piperazine rings is 1. The molecule has 0 amide bonds. The zero-order chi connectivity index (χ0) is 25.0. The number of methoxy groups -OCH3 is 1. The SMILES string of the molecule is CCC1(CC)CCC(c2cc(N3CCC(OC)CC3)ccc2N2CCN(Cc3ccco3)CC2)CC1.Cl. The minimum Gasteiger partial charge on any atom is -0.468 e. The maximum absolute atomic E-state index is 5.63. The summed E-state index contributed by atoms with van der Waals surface area (Å²) in [5.41, 5.74) is 5.10. The first-order valence-corrected chi connectivity index (χ1v) is 14.5. The Morgan fingerprint density at radius 2 is 1.59 bits per heavy atom. The molecule has 3 fully saturated rings. The van der Waals surface area contributed by atoms with Crippen LogP contribution in [0.4, 0.5) is 11.4 Å². The number of ether oxygens (including phenoxy) is 1. The number of hydrogen-bond acceptors (Lipinski definition) is 5. The first-order valence-electron chi connectivity index (χ1n) is 14.5. The highest BCUT2D eigenvalue weighted by atomic mass is 35.5. The molecule has 3 heterocycles. The summed E-state index contributed by atoms with van der Waals surface area (Å²) >= 11 is 0. The predicted octanol–water partition coefficient (Wildman–Crippen LogP) is 7.10. The van der Waals surface area contributed by atoms with E-state index in [9.17, 15) is 0 Å². The van der Waals surface area contributed by atoms with E-state index in [0.29, 0.717) is 17.4 Å². The van der Waals surface area contributed by atoms with Gasteiger partial charge in [0.25, 0.3) is 0 Å². The molecule has 0 bridgehead atoms. The van der Waals surface area contributed by atoms with E-state index in [-0.39, 0.29) is 12.4 Å². The van der Waals surface area contributed by atoms with Crippen molar-refractivity contribution < 1.29 is 9.15 Å². The average molecular weight is 530 g/mol. The number of benzene rings is 1. The molecule has 206 valence electrons. The zero-order valence-electron chi connectivity index (χ0n) is 23.3. The lowest BCUT2D eigenvalue weighted by Crippen LogP contribution is -2.46. The third-order valence-electron chi connectivity index (χ3n) is 9.81. The highest BCUT2D eigenvalue weighted by molar-refractivity contribution is 5.85. The van der Waals surface area contributed by atoms with Gasteiger partial charge in [-0.1, -0.05) is 26.7 Å². The highest BCUT2D eigenvalue weighted by Gasteiger charge is 2.34. The van der Waals surface area contributed by atoms with Gasteiger partial charge in [-0.25, -0.2) is 0 Å². The molecule has 0 N–H and O–H groups in total. The second-order valence-corrected chi connectivity index (χ2v) is 11.5. The molecule has 0 unspecified atom stereocenters. The quantitative estimate of drug-likeness (QED) is 0.364. The topological polar surface area (TPSA) is 32.1 Å². The number of nitrogens with zero attached hydrogens (tertiary/aromatic N) is 3. The van der Waals surface area contributed by atoms with Gasteiger partial charge in [0.05, 0.1) is 18.9 Å². The van der Waals surface area contributed by atoms with Crippen LogP contribution in [-0.4, -0.2) is 57.4 Å². The van der Waals surface area contributed by atoms with Crippen molar-refractivity contribution in [2.24, 2.45) is 5.41 Å². The maximum Gasteiger partial charge on any atom is 0.117 e. The number of hydrogen-bond donors (Lipinski definition) is 0. The molecule has 2 saturated heterocycles. The van der Waals surface area contributed by atoms with Crippen LogP contribution in [0.5, 0.6) is 0 Å². The van der Waals surface area contributed by atoms with Gasteiger partial charge < -0.3 is 19.0 Å². The second-order valence-electron chi connectivity index (χ2n) is 11.5. The lowest BCUT2D eigenvalue weighted by atomic mass is 9.66. The van der Waals surface area contributed by atoms with Gasteiger partial charge in [-0.3, -0.25) is 4.90 Å². The minimum atomic E-state index is 0. The number of halogens is 1. The van der Waals surface area contributed by atoms with E-state index in [1.165, 1.54) is 49.9 Å². The Balaban J connectivity index is 0.00000320. The molecule has 5 rings (SSSR count). The van der Waals surface area contributed by atoms with Gasteiger partial charge in [0.2, 0.25) is 0 Å². The largest absolute Gasteiger partial charge is 0.468 e.